The van der Waals surface area contributed by atoms with Gasteiger partial charge in [0, 0.05) is 9.15 Å². The van der Waals surface area contributed by atoms with Gasteiger partial charge in [0.2, 0.25) is 0 Å². The van der Waals surface area contributed by atoms with Crippen molar-refractivity contribution < 1.29 is 0 Å². The molecule has 2 heteroatoms. The average molecular weight is 214 g/mol. The second-order valence-corrected chi connectivity index (χ2v) is 4.87. The minimum Gasteiger partial charge on any atom is -0.0875 e. The summed E-state index contributed by atoms with van der Waals surface area (Å²) in [5.41, 5.74) is 0. The highest BCUT2D eigenvalue weighted by Crippen LogP contribution is 2.49. The highest BCUT2D eigenvalue weighted by Gasteiger charge is 2.45. The molecule has 0 unspecified atom stereocenters. The van der Waals surface area contributed by atoms with Gasteiger partial charge in [0.15, 0.2) is 0 Å². The molecule has 1 saturated carbocycles. The van der Waals surface area contributed by atoms with Crippen molar-refractivity contribution in [3.8, 4) is 0 Å². The maximum atomic E-state index is 3.50. The molecule has 36 valence electrons. The fraction of sp³-hybridized carbons (Fsp3) is 1.00. The van der Waals surface area contributed by atoms with E-state index < -0.39 is 0 Å². The number of hydrogen-bond acceptors (Lipinski definition) is 0. The molecule has 0 bridgehead atoms. The molecule has 2 atom stereocenters. The molecule has 1 aliphatic carbocycles. The zero-order chi connectivity index (χ0) is 4.78. The molecule has 1 aliphatic rings. The van der Waals surface area contributed by atoms with Crippen LogP contribution in [0, 0.1) is 0 Å². The molecule has 0 aliphatic heterocycles. The predicted octanol–water partition coefficient (Wildman–Crippen LogP) is 2.31. The van der Waals surface area contributed by atoms with Crippen molar-refractivity contribution in [1.82, 2.24) is 0 Å². The second-order valence-electron chi connectivity index (χ2n) is 1.95. The van der Waals surface area contributed by atoms with Crippen molar-refractivity contribution in [1.29, 1.82) is 0 Å². The van der Waals surface area contributed by atoms with Crippen molar-refractivity contribution >= 4 is 31.9 Å². The van der Waals surface area contributed by atoms with Gasteiger partial charge in [-0.25, -0.2) is 0 Å². The van der Waals surface area contributed by atoms with Crippen molar-refractivity contribution in [3.63, 3.8) is 0 Å². The number of halogens is 2. The summed E-state index contributed by atoms with van der Waals surface area (Å²) in [5, 5.41) is 0. The Kier molecular flexibility index (Phi) is 1.04. The van der Waals surface area contributed by atoms with Crippen LogP contribution in [0.4, 0.5) is 0 Å². The molecule has 0 saturated heterocycles. The summed E-state index contributed by atoms with van der Waals surface area (Å²) in [7, 11) is 0. The summed E-state index contributed by atoms with van der Waals surface area (Å²) in [5.74, 6) is 0. The first kappa shape index (κ1) is 5.10. The van der Waals surface area contributed by atoms with E-state index in [2.05, 4.69) is 38.8 Å². The summed E-state index contributed by atoms with van der Waals surface area (Å²) in [6, 6.07) is 0. The van der Waals surface area contributed by atoms with E-state index in [-0.39, 0.29) is 0 Å². The minimum atomic E-state index is 0.438. The summed E-state index contributed by atoms with van der Waals surface area (Å²) in [4.78, 5) is 0.727. The lowest BCUT2D eigenvalue weighted by molar-refractivity contribution is 1.09. The van der Waals surface area contributed by atoms with Crippen LogP contribution in [-0.2, 0) is 0 Å². The van der Waals surface area contributed by atoms with Gasteiger partial charge < -0.3 is 0 Å². The van der Waals surface area contributed by atoms with E-state index in [0.717, 1.165) is 4.83 Å². The Hall–Kier alpha value is 0.960. The largest absolute Gasteiger partial charge is 0.0875 e. The van der Waals surface area contributed by atoms with E-state index in [1.807, 2.05) is 0 Å². The van der Waals surface area contributed by atoms with Crippen LogP contribution < -0.4 is 0 Å². The molecule has 1 fully saturated rings. The maximum absolute atomic E-state index is 3.50. The van der Waals surface area contributed by atoms with E-state index in [1.54, 1.807) is 0 Å². The molecule has 0 aromatic heterocycles. The summed E-state index contributed by atoms with van der Waals surface area (Å²) >= 11 is 6.96. The van der Waals surface area contributed by atoms with Crippen LogP contribution in [0.1, 0.15) is 13.3 Å². The standard InChI is InChI=1S/C4H6Br2/c1-4(6)2-3(4)5/h3H,2H2,1H3/t3-,4+/m0/s1. The van der Waals surface area contributed by atoms with Crippen LogP contribution >= 0.6 is 31.9 Å². The van der Waals surface area contributed by atoms with E-state index in [1.165, 1.54) is 6.42 Å². The van der Waals surface area contributed by atoms with E-state index >= 15 is 0 Å². The Balaban J connectivity index is 2.41. The highest BCUT2D eigenvalue weighted by molar-refractivity contribution is 9.13. The number of hydrogen-bond donors (Lipinski definition) is 0. The summed E-state index contributed by atoms with van der Waals surface area (Å²) < 4.78 is 0.438. The lowest BCUT2D eigenvalue weighted by atomic mass is 10.5. The lowest BCUT2D eigenvalue weighted by Gasteiger charge is -1.87. The molecule has 0 aromatic carbocycles. The lowest BCUT2D eigenvalue weighted by Crippen LogP contribution is -1.88. The van der Waals surface area contributed by atoms with Gasteiger partial charge in [-0.1, -0.05) is 31.9 Å². The van der Waals surface area contributed by atoms with Gasteiger partial charge >= 0.3 is 0 Å². The first-order chi connectivity index (χ1) is 2.63. The van der Waals surface area contributed by atoms with Crippen molar-refractivity contribution in [2.24, 2.45) is 0 Å². The Bertz CT molecular complexity index is 67.9. The van der Waals surface area contributed by atoms with E-state index in [4.69, 9.17) is 0 Å². The third kappa shape index (κ3) is 0.784. The van der Waals surface area contributed by atoms with Crippen LogP contribution in [0.15, 0.2) is 0 Å². The van der Waals surface area contributed by atoms with Crippen LogP contribution in [0.25, 0.3) is 0 Å². The molecular weight excluding hydrogens is 208 g/mol. The summed E-state index contributed by atoms with van der Waals surface area (Å²) in [6.45, 7) is 2.19. The predicted molar refractivity (Wildman–Crippen MR) is 34.7 cm³/mol. The molecule has 0 radical (unpaired) electrons. The van der Waals surface area contributed by atoms with Crippen LogP contribution in [0.2, 0.25) is 0 Å². The monoisotopic (exact) mass is 212 g/mol. The molecule has 0 amide bonds. The van der Waals surface area contributed by atoms with Gasteiger partial charge in [-0.15, -0.1) is 0 Å². The van der Waals surface area contributed by atoms with Gasteiger partial charge in [-0.2, -0.15) is 0 Å². The first-order valence-electron chi connectivity index (χ1n) is 1.96. The molecule has 0 aromatic rings. The smallest absolute Gasteiger partial charge is 0.0366 e. The number of alkyl halides is 2. The first-order valence-corrected chi connectivity index (χ1v) is 3.67. The quantitative estimate of drug-likeness (QED) is 0.542. The van der Waals surface area contributed by atoms with Gasteiger partial charge in [0.1, 0.15) is 0 Å². The molecule has 0 spiro atoms. The Morgan fingerprint density at radius 3 is 2.00 bits per heavy atom. The van der Waals surface area contributed by atoms with Crippen molar-refractivity contribution in [2.45, 2.75) is 22.5 Å². The fourth-order valence-corrected chi connectivity index (χ4v) is 1.72. The maximum Gasteiger partial charge on any atom is 0.0366 e. The number of rotatable bonds is 0. The molecule has 0 heterocycles. The van der Waals surface area contributed by atoms with Gasteiger partial charge in [-0.3, -0.25) is 0 Å². The Morgan fingerprint density at radius 1 is 1.83 bits per heavy atom. The zero-order valence-corrected chi connectivity index (χ0v) is 6.71. The van der Waals surface area contributed by atoms with Gasteiger partial charge in [-0.05, 0) is 13.3 Å². The fourth-order valence-electron chi connectivity index (χ4n) is 0.291. The molecule has 1 rings (SSSR count). The normalized spacial score (nSPS) is 55.5. The van der Waals surface area contributed by atoms with Crippen molar-refractivity contribution in [3.05, 3.63) is 0 Å². The van der Waals surface area contributed by atoms with Crippen LogP contribution in [0.3, 0.4) is 0 Å². The third-order valence-electron chi connectivity index (χ3n) is 1.07. The molecule has 0 N–H and O–H groups in total. The van der Waals surface area contributed by atoms with Gasteiger partial charge in [0.25, 0.3) is 0 Å². The third-order valence-corrected chi connectivity index (χ3v) is 3.90. The Labute approximate surface area is 54.6 Å². The zero-order valence-electron chi connectivity index (χ0n) is 3.54. The van der Waals surface area contributed by atoms with E-state index in [0.29, 0.717) is 4.32 Å². The van der Waals surface area contributed by atoms with Crippen LogP contribution in [-0.4, -0.2) is 9.15 Å². The van der Waals surface area contributed by atoms with Crippen molar-refractivity contribution in [2.75, 3.05) is 0 Å². The topological polar surface area (TPSA) is 0 Å². The second kappa shape index (κ2) is 1.22. The van der Waals surface area contributed by atoms with Gasteiger partial charge in [0.05, 0.1) is 0 Å². The molecular formula is C4H6Br2. The van der Waals surface area contributed by atoms with E-state index in [9.17, 15) is 0 Å². The molecule has 0 nitrogen and oxygen atoms in total. The Morgan fingerprint density at radius 2 is 2.00 bits per heavy atom. The SMILES string of the molecule is C[C@@]1(Br)C[C@@H]1Br. The summed E-state index contributed by atoms with van der Waals surface area (Å²) in [6.07, 6.45) is 1.27. The highest BCUT2D eigenvalue weighted by atomic mass is 79.9. The average Bonchev–Trinajstić information content (AvgIpc) is 1.73. The van der Waals surface area contributed by atoms with Crippen LogP contribution in [0.5, 0.6) is 0 Å². The molecule has 6 heavy (non-hydrogen) atoms. The minimum absolute atomic E-state index is 0.438.